The Labute approximate surface area is 132 Å². The van der Waals surface area contributed by atoms with Crippen LogP contribution in [-0.2, 0) is 9.53 Å². The molecule has 2 rings (SSSR count). The van der Waals surface area contributed by atoms with Gasteiger partial charge in [0.1, 0.15) is 11.3 Å². The summed E-state index contributed by atoms with van der Waals surface area (Å²) in [5.41, 5.74) is 0.550. The molecule has 0 radical (unpaired) electrons. The van der Waals surface area contributed by atoms with Crippen LogP contribution in [0.4, 0.5) is 5.69 Å². The van der Waals surface area contributed by atoms with Crippen molar-refractivity contribution in [3.8, 4) is 5.75 Å². The number of hydrogen-bond acceptors (Lipinski definition) is 4. The summed E-state index contributed by atoms with van der Waals surface area (Å²) in [6.07, 6.45) is -1.01. The average Bonchev–Trinajstić information content (AvgIpc) is 2.49. The maximum absolute atomic E-state index is 12.0. The van der Waals surface area contributed by atoms with E-state index in [4.69, 9.17) is 16.3 Å². The van der Waals surface area contributed by atoms with Gasteiger partial charge < -0.3 is 15.2 Å². The molecule has 0 saturated carbocycles. The second-order valence-electron chi connectivity index (χ2n) is 4.56. The van der Waals surface area contributed by atoms with Crippen LogP contribution >= 0.6 is 11.6 Å². The molecule has 0 fully saturated rings. The van der Waals surface area contributed by atoms with Gasteiger partial charge >= 0.3 is 5.97 Å². The van der Waals surface area contributed by atoms with Crippen LogP contribution in [0.5, 0.6) is 5.75 Å². The lowest BCUT2D eigenvalue weighted by Crippen LogP contribution is -2.30. The van der Waals surface area contributed by atoms with Gasteiger partial charge in [0.2, 0.25) is 0 Å². The van der Waals surface area contributed by atoms with E-state index in [1.807, 2.05) is 0 Å². The highest BCUT2D eigenvalue weighted by atomic mass is 35.5. The number of amides is 1. The van der Waals surface area contributed by atoms with Gasteiger partial charge in [0.25, 0.3) is 5.91 Å². The molecule has 22 heavy (non-hydrogen) atoms. The average molecular weight is 320 g/mol. The van der Waals surface area contributed by atoms with Crippen molar-refractivity contribution in [2.24, 2.45) is 0 Å². The third-order valence-electron chi connectivity index (χ3n) is 2.89. The molecule has 2 N–H and O–H groups in total. The van der Waals surface area contributed by atoms with Crippen LogP contribution in [0.25, 0.3) is 0 Å². The maximum atomic E-state index is 12.0. The first-order valence-corrected chi connectivity index (χ1v) is 6.90. The van der Waals surface area contributed by atoms with Gasteiger partial charge in [-0.3, -0.25) is 4.79 Å². The van der Waals surface area contributed by atoms with Gasteiger partial charge in [-0.05, 0) is 43.3 Å². The Morgan fingerprint density at radius 3 is 2.41 bits per heavy atom. The van der Waals surface area contributed by atoms with Crippen LogP contribution in [-0.4, -0.2) is 23.1 Å². The predicted octanol–water partition coefficient (Wildman–Crippen LogP) is 3.23. The smallest absolute Gasteiger partial charge is 0.342 e. The minimum atomic E-state index is -1.01. The second-order valence-corrected chi connectivity index (χ2v) is 5.00. The molecule has 6 heteroatoms. The van der Waals surface area contributed by atoms with E-state index in [1.165, 1.54) is 19.1 Å². The van der Waals surface area contributed by atoms with Crippen molar-refractivity contribution < 1.29 is 19.4 Å². The fraction of sp³-hybridized carbons (Fsp3) is 0.125. The van der Waals surface area contributed by atoms with Crippen molar-refractivity contribution in [3.63, 3.8) is 0 Å². The van der Waals surface area contributed by atoms with E-state index in [-0.39, 0.29) is 11.3 Å². The zero-order chi connectivity index (χ0) is 16.1. The van der Waals surface area contributed by atoms with Gasteiger partial charge in [0.05, 0.1) is 0 Å². The first kappa shape index (κ1) is 15.9. The van der Waals surface area contributed by atoms with Gasteiger partial charge in [-0.15, -0.1) is 0 Å². The lowest BCUT2D eigenvalue weighted by molar-refractivity contribution is -0.123. The number of hydrogen-bond donors (Lipinski definition) is 2. The molecule has 0 heterocycles. The number of ether oxygens (including phenoxy) is 1. The van der Waals surface area contributed by atoms with Gasteiger partial charge in [-0.2, -0.15) is 0 Å². The lowest BCUT2D eigenvalue weighted by atomic mass is 10.2. The Morgan fingerprint density at radius 1 is 1.14 bits per heavy atom. The summed E-state index contributed by atoms with van der Waals surface area (Å²) in [4.78, 5) is 23.9. The van der Waals surface area contributed by atoms with Crippen molar-refractivity contribution in [3.05, 3.63) is 59.1 Å². The molecule has 1 amide bonds. The number of carbonyl (C=O) groups excluding carboxylic acids is 2. The summed E-state index contributed by atoms with van der Waals surface area (Å²) in [6.45, 7) is 1.45. The van der Waals surface area contributed by atoms with E-state index in [2.05, 4.69) is 5.32 Å². The summed E-state index contributed by atoms with van der Waals surface area (Å²) in [5, 5.41) is 12.7. The minimum absolute atomic E-state index is 0.00800. The molecule has 5 nitrogen and oxygen atoms in total. The van der Waals surface area contributed by atoms with Crippen LogP contribution in [0, 0.1) is 0 Å². The Bertz CT molecular complexity index is 685. The minimum Gasteiger partial charge on any atom is -0.507 e. The normalized spacial score (nSPS) is 11.5. The maximum Gasteiger partial charge on any atom is 0.342 e. The zero-order valence-corrected chi connectivity index (χ0v) is 12.5. The highest BCUT2D eigenvalue weighted by molar-refractivity contribution is 6.30. The Hall–Kier alpha value is -2.53. The molecule has 2 aromatic carbocycles. The largest absolute Gasteiger partial charge is 0.507 e. The van der Waals surface area contributed by atoms with Crippen molar-refractivity contribution in [1.29, 1.82) is 0 Å². The van der Waals surface area contributed by atoms with Gasteiger partial charge in [-0.25, -0.2) is 4.79 Å². The number of aromatic hydroxyl groups is 1. The predicted molar refractivity (Wildman–Crippen MR) is 83.1 cm³/mol. The molecular weight excluding hydrogens is 306 g/mol. The molecule has 0 spiro atoms. The van der Waals surface area contributed by atoms with Crippen LogP contribution in [0.2, 0.25) is 5.02 Å². The van der Waals surface area contributed by atoms with Crippen molar-refractivity contribution in [2.45, 2.75) is 13.0 Å². The van der Waals surface area contributed by atoms with Crippen molar-refractivity contribution in [2.75, 3.05) is 5.32 Å². The van der Waals surface area contributed by atoms with Gasteiger partial charge in [0, 0.05) is 10.7 Å². The van der Waals surface area contributed by atoms with E-state index < -0.39 is 18.0 Å². The van der Waals surface area contributed by atoms with Crippen molar-refractivity contribution >= 4 is 29.2 Å². The van der Waals surface area contributed by atoms with Crippen LogP contribution in [0.1, 0.15) is 17.3 Å². The number of anilines is 1. The molecule has 114 valence electrons. The summed E-state index contributed by atoms with van der Waals surface area (Å²) in [5.74, 6) is -1.44. The number of para-hydroxylation sites is 1. The summed E-state index contributed by atoms with van der Waals surface area (Å²) in [6, 6.07) is 12.5. The van der Waals surface area contributed by atoms with Crippen molar-refractivity contribution in [1.82, 2.24) is 0 Å². The molecule has 0 aliphatic heterocycles. The zero-order valence-electron chi connectivity index (χ0n) is 11.7. The number of halogens is 1. The standard InChI is InChI=1S/C16H14ClNO4/c1-10(15(20)18-12-8-6-11(17)7-9-12)22-16(21)13-4-2-3-5-14(13)19/h2-10,19H,1H3,(H,18,20)/t10-/m0/s1. The van der Waals surface area contributed by atoms with E-state index >= 15 is 0 Å². The van der Waals surface area contributed by atoms with Crippen LogP contribution in [0.3, 0.4) is 0 Å². The summed E-state index contributed by atoms with van der Waals surface area (Å²) >= 11 is 5.76. The van der Waals surface area contributed by atoms with Crippen LogP contribution in [0.15, 0.2) is 48.5 Å². The Morgan fingerprint density at radius 2 is 1.77 bits per heavy atom. The number of phenolic OH excluding ortho intramolecular Hbond substituents is 1. The third-order valence-corrected chi connectivity index (χ3v) is 3.14. The molecule has 0 aliphatic carbocycles. The number of phenols is 1. The number of carbonyl (C=O) groups is 2. The number of nitrogens with one attached hydrogen (secondary N) is 1. The second kappa shape index (κ2) is 6.95. The number of rotatable bonds is 4. The molecule has 0 bridgehead atoms. The molecule has 1 atom stereocenters. The summed E-state index contributed by atoms with van der Waals surface area (Å²) in [7, 11) is 0. The first-order valence-electron chi connectivity index (χ1n) is 6.53. The van der Waals surface area contributed by atoms with E-state index in [9.17, 15) is 14.7 Å². The highest BCUT2D eigenvalue weighted by Gasteiger charge is 2.20. The summed E-state index contributed by atoms with van der Waals surface area (Å²) < 4.78 is 5.04. The molecule has 0 aromatic heterocycles. The molecule has 0 saturated heterocycles. The topological polar surface area (TPSA) is 75.6 Å². The Balaban J connectivity index is 1.98. The molecule has 0 unspecified atom stereocenters. The molecule has 2 aromatic rings. The highest BCUT2D eigenvalue weighted by Crippen LogP contribution is 2.18. The molecular formula is C16H14ClNO4. The molecule has 0 aliphatic rings. The third kappa shape index (κ3) is 3.99. The fourth-order valence-electron chi connectivity index (χ4n) is 1.70. The van der Waals surface area contributed by atoms with Gasteiger partial charge in [0.15, 0.2) is 6.10 Å². The SMILES string of the molecule is C[C@H](OC(=O)c1ccccc1O)C(=O)Nc1ccc(Cl)cc1. The quantitative estimate of drug-likeness (QED) is 0.848. The monoisotopic (exact) mass is 319 g/mol. The van der Waals surface area contributed by atoms with Gasteiger partial charge in [-0.1, -0.05) is 23.7 Å². The van der Waals surface area contributed by atoms with E-state index in [0.29, 0.717) is 10.7 Å². The number of benzene rings is 2. The van der Waals surface area contributed by atoms with E-state index in [1.54, 1.807) is 36.4 Å². The first-order chi connectivity index (χ1) is 10.5. The number of esters is 1. The lowest BCUT2D eigenvalue weighted by Gasteiger charge is -2.14. The fourth-order valence-corrected chi connectivity index (χ4v) is 1.83. The van der Waals surface area contributed by atoms with E-state index in [0.717, 1.165) is 0 Å². The van der Waals surface area contributed by atoms with Crippen LogP contribution < -0.4 is 5.32 Å². The Kier molecular flexibility index (Phi) is 5.01.